The molecule has 2 aromatic carbocycles. The number of amidine groups is 1. The van der Waals surface area contributed by atoms with E-state index in [4.69, 9.17) is 0 Å². The number of hydrogen-bond donors (Lipinski definition) is 2. The van der Waals surface area contributed by atoms with Crippen LogP contribution in [0.15, 0.2) is 47.5 Å². The molecule has 2 N–H and O–H groups in total. The molecule has 0 atom stereocenters. The van der Waals surface area contributed by atoms with E-state index in [1.54, 1.807) is 0 Å². The minimum Gasteiger partial charge on any atom is -0.481 e. The van der Waals surface area contributed by atoms with Crippen LogP contribution in [0, 0.1) is 17.7 Å². The van der Waals surface area contributed by atoms with E-state index in [1.807, 2.05) is 13.8 Å². The molecule has 1 saturated carbocycles. The maximum atomic E-state index is 13.5. The number of likely N-dealkylation sites (tertiary alicyclic amines) is 1. The van der Waals surface area contributed by atoms with E-state index in [-0.39, 0.29) is 35.7 Å². The van der Waals surface area contributed by atoms with Crippen LogP contribution < -0.4 is 10.2 Å². The van der Waals surface area contributed by atoms with Crippen LogP contribution in [0.25, 0.3) is 0 Å². The Morgan fingerprint density at radius 2 is 1.65 bits per heavy atom. The summed E-state index contributed by atoms with van der Waals surface area (Å²) in [5.74, 6) is -0.946. The number of nitrogens with zero attached hydrogens (tertiary/aromatic N) is 3. The fourth-order valence-electron chi connectivity index (χ4n) is 6.73. The van der Waals surface area contributed by atoms with Crippen molar-refractivity contribution in [2.75, 3.05) is 18.0 Å². The quantitative estimate of drug-likeness (QED) is 0.436. The van der Waals surface area contributed by atoms with E-state index in [1.165, 1.54) is 29.8 Å². The number of aliphatic imine (C=N–C) groups is 1. The van der Waals surface area contributed by atoms with E-state index in [9.17, 15) is 23.9 Å². The predicted octanol–water partition coefficient (Wildman–Crippen LogP) is 5.59. The van der Waals surface area contributed by atoms with Crippen molar-refractivity contribution in [3.05, 3.63) is 65.0 Å². The average molecular weight is 591 g/mol. The number of carboxylic acids is 1. The predicted molar refractivity (Wildman–Crippen MR) is 165 cm³/mol. The largest absolute Gasteiger partial charge is 0.481 e. The molecule has 1 saturated heterocycles. The number of hydrogen-bond acceptors (Lipinski definition) is 4. The van der Waals surface area contributed by atoms with Crippen molar-refractivity contribution in [1.29, 1.82) is 0 Å². The van der Waals surface area contributed by atoms with Crippen molar-refractivity contribution in [2.24, 2.45) is 16.8 Å². The van der Waals surface area contributed by atoms with Crippen molar-refractivity contribution < 1.29 is 23.9 Å². The molecular formula is C34H43FN4O4. The molecule has 5 rings (SSSR count). The summed E-state index contributed by atoms with van der Waals surface area (Å²) in [6.07, 6.45) is 6.84. The Hall–Kier alpha value is -3.59. The SMILES string of the molecule is CC(C)NC(=O)C1CCC(N2C(=NC(=O)c3ccc(F)cc3)CCCc3ccc(CN4CCC(C(=O)O)CC4)cc32)CC1. The summed E-state index contributed by atoms with van der Waals surface area (Å²) in [4.78, 5) is 46.7. The van der Waals surface area contributed by atoms with E-state index in [0.29, 0.717) is 24.8 Å². The van der Waals surface area contributed by atoms with Gasteiger partial charge < -0.3 is 15.3 Å². The fraction of sp³-hybridized carbons (Fsp3) is 0.529. The van der Waals surface area contributed by atoms with E-state index < -0.39 is 11.8 Å². The van der Waals surface area contributed by atoms with Crippen LogP contribution in [-0.2, 0) is 22.6 Å². The molecule has 1 aliphatic carbocycles. The van der Waals surface area contributed by atoms with Gasteiger partial charge in [0.05, 0.1) is 5.92 Å². The molecule has 0 unspecified atom stereocenters. The molecule has 0 bridgehead atoms. The highest BCUT2D eigenvalue weighted by atomic mass is 19.1. The minimum atomic E-state index is -0.710. The average Bonchev–Trinajstić information content (AvgIpc) is 3.16. The molecule has 2 aromatic rings. The second kappa shape index (κ2) is 13.8. The van der Waals surface area contributed by atoms with Crippen molar-refractivity contribution in [2.45, 2.75) is 90.3 Å². The van der Waals surface area contributed by atoms with Crippen molar-refractivity contribution in [3.63, 3.8) is 0 Å². The van der Waals surface area contributed by atoms with Crippen LogP contribution in [0.4, 0.5) is 10.1 Å². The molecule has 2 heterocycles. The number of aryl methyl sites for hydroxylation is 1. The van der Waals surface area contributed by atoms with Crippen molar-refractivity contribution >= 4 is 29.3 Å². The summed E-state index contributed by atoms with van der Waals surface area (Å²) < 4.78 is 13.5. The first-order valence-electron chi connectivity index (χ1n) is 15.7. The Morgan fingerprint density at radius 1 is 0.953 bits per heavy atom. The zero-order chi connectivity index (χ0) is 30.5. The molecule has 43 heavy (non-hydrogen) atoms. The molecule has 2 amide bonds. The number of piperidine rings is 1. The van der Waals surface area contributed by atoms with E-state index in [2.05, 4.69) is 38.3 Å². The molecule has 8 nitrogen and oxygen atoms in total. The summed E-state index contributed by atoms with van der Waals surface area (Å²) in [5.41, 5.74) is 3.78. The number of halogens is 1. The number of rotatable bonds is 7. The van der Waals surface area contributed by atoms with Gasteiger partial charge in [-0.2, -0.15) is 4.99 Å². The highest BCUT2D eigenvalue weighted by Gasteiger charge is 2.34. The van der Waals surface area contributed by atoms with Gasteiger partial charge in [-0.25, -0.2) is 4.39 Å². The van der Waals surface area contributed by atoms with Crippen LogP contribution in [0.5, 0.6) is 0 Å². The highest BCUT2D eigenvalue weighted by molar-refractivity contribution is 6.09. The van der Waals surface area contributed by atoms with Gasteiger partial charge in [-0.3, -0.25) is 19.3 Å². The first-order valence-corrected chi connectivity index (χ1v) is 15.7. The Kier molecular flexibility index (Phi) is 9.90. The lowest BCUT2D eigenvalue weighted by Gasteiger charge is -2.39. The first-order chi connectivity index (χ1) is 20.7. The zero-order valence-electron chi connectivity index (χ0n) is 25.2. The maximum absolute atomic E-state index is 13.5. The second-order valence-corrected chi connectivity index (χ2v) is 12.6. The number of aliphatic carboxylic acids is 1. The topological polar surface area (TPSA) is 102 Å². The molecule has 0 radical (unpaired) electrons. The van der Waals surface area contributed by atoms with Crippen LogP contribution in [0.3, 0.4) is 0 Å². The molecular weight excluding hydrogens is 547 g/mol. The number of carbonyl (C=O) groups is 3. The molecule has 9 heteroatoms. The Balaban J connectivity index is 1.43. The Morgan fingerprint density at radius 3 is 2.30 bits per heavy atom. The lowest BCUT2D eigenvalue weighted by Crippen LogP contribution is -2.45. The lowest BCUT2D eigenvalue weighted by molar-refractivity contribution is -0.143. The van der Waals surface area contributed by atoms with Gasteiger partial charge in [0.2, 0.25) is 5.91 Å². The highest BCUT2D eigenvalue weighted by Crippen LogP contribution is 2.37. The van der Waals surface area contributed by atoms with Crippen LogP contribution in [0.1, 0.15) is 86.7 Å². The first kappa shape index (κ1) is 30.9. The Labute approximate surface area is 253 Å². The zero-order valence-corrected chi connectivity index (χ0v) is 25.2. The smallest absolute Gasteiger partial charge is 0.306 e. The summed E-state index contributed by atoms with van der Waals surface area (Å²) in [6.45, 7) is 6.18. The van der Waals surface area contributed by atoms with Crippen LogP contribution >= 0.6 is 0 Å². The number of carboxylic acid groups (broad SMARTS) is 1. The minimum absolute atomic E-state index is 0.0219. The molecule has 230 valence electrons. The summed E-state index contributed by atoms with van der Waals surface area (Å²) >= 11 is 0. The monoisotopic (exact) mass is 590 g/mol. The molecule has 3 aliphatic rings. The molecule has 0 aromatic heterocycles. The maximum Gasteiger partial charge on any atom is 0.306 e. The van der Waals surface area contributed by atoms with Crippen molar-refractivity contribution in [1.82, 2.24) is 10.2 Å². The number of nitrogens with one attached hydrogen (secondary N) is 1. The number of fused-ring (bicyclic) bond motifs is 1. The number of amides is 2. The lowest BCUT2D eigenvalue weighted by atomic mass is 9.84. The summed E-state index contributed by atoms with van der Waals surface area (Å²) in [5, 5.41) is 12.4. The van der Waals surface area contributed by atoms with Gasteiger partial charge in [-0.1, -0.05) is 12.1 Å². The van der Waals surface area contributed by atoms with Gasteiger partial charge in [-0.05, 0) is 120 Å². The van der Waals surface area contributed by atoms with Crippen LogP contribution in [-0.4, -0.2) is 58.8 Å². The van der Waals surface area contributed by atoms with Gasteiger partial charge in [0.25, 0.3) is 5.91 Å². The number of carbonyl (C=O) groups excluding carboxylic acids is 2. The molecule has 2 fully saturated rings. The summed E-state index contributed by atoms with van der Waals surface area (Å²) in [7, 11) is 0. The standard InChI is InChI=1S/C34H43FN4O4/c1-22(2)36-32(40)26-10-14-29(15-11-26)39-30-20-23(21-38-18-16-27(17-19-38)34(42)43)6-7-24(30)4-3-5-31(39)37-33(41)25-8-12-28(35)13-9-25/h6-9,12-13,20,22,26-27,29H,3-5,10-11,14-19,21H2,1-2H3,(H,36,40)(H,42,43). The van der Waals surface area contributed by atoms with Gasteiger partial charge >= 0.3 is 5.97 Å². The van der Waals surface area contributed by atoms with Crippen LogP contribution in [0.2, 0.25) is 0 Å². The number of anilines is 1. The Bertz CT molecular complexity index is 1340. The third-order valence-electron chi connectivity index (χ3n) is 9.06. The molecule has 0 spiro atoms. The summed E-state index contributed by atoms with van der Waals surface area (Å²) in [6, 6.07) is 12.3. The normalized spacial score (nSPS) is 22.7. The van der Waals surface area contributed by atoms with Gasteiger partial charge in [-0.15, -0.1) is 0 Å². The number of benzene rings is 2. The third-order valence-corrected chi connectivity index (χ3v) is 9.06. The third kappa shape index (κ3) is 7.68. The van der Waals surface area contributed by atoms with Gasteiger partial charge in [0.15, 0.2) is 0 Å². The van der Waals surface area contributed by atoms with E-state index >= 15 is 0 Å². The van der Waals surface area contributed by atoms with E-state index in [0.717, 1.165) is 75.2 Å². The van der Waals surface area contributed by atoms with Gasteiger partial charge in [0, 0.05) is 42.2 Å². The fourth-order valence-corrected chi connectivity index (χ4v) is 6.73. The van der Waals surface area contributed by atoms with Crippen molar-refractivity contribution in [3.8, 4) is 0 Å². The van der Waals surface area contributed by atoms with Gasteiger partial charge in [0.1, 0.15) is 11.7 Å². The second-order valence-electron chi connectivity index (χ2n) is 12.6. The molecule has 2 aliphatic heterocycles.